The van der Waals surface area contributed by atoms with Crippen molar-refractivity contribution in [3.8, 4) is 0 Å². The highest BCUT2D eigenvalue weighted by Gasteiger charge is 2.38. The lowest BCUT2D eigenvalue weighted by Gasteiger charge is -2.13. The van der Waals surface area contributed by atoms with Crippen LogP contribution < -0.4 is 5.32 Å². The molecule has 3 amide bonds. The van der Waals surface area contributed by atoms with Crippen LogP contribution in [-0.2, 0) is 17.8 Å². The Kier molecular flexibility index (Phi) is 3.93. The van der Waals surface area contributed by atoms with E-state index in [1.165, 1.54) is 4.90 Å². The predicted octanol–water partition coefficient (Wildman–Crippen LogP) is 3.48. The van der Waals surface area contributed by atoms with E-state index in [0.29, 0.717) is 11.4 Å². The second kappa shape index (κ2) is 6.26. The fourth-order valence-corrected chi connectivity index (χ4v) is 3.28. The monoisotopic (exact) mass is 353 g/mol. The Labute approximate surface area is 149 Å². The molecule has 2 N–H and O–H groups in total. The maximum absolute atomic E-state index is 12.7. The highest BCUT2D eigenvalue weighted by Crippen LogP contribution is 2.22. The molecule has 0 aliphatic carbocycles. The summed E-state index contributed by atoms with van der Waals surface area (Å²) in [5.74, 6) is -0.203. The normalized spacial score (nSPS) is 17.3. The number of imide groups is 1. The molecular weight excluding hydrogens is 338 g/mol. The molecule has 5 nitrogen and oxygen atoms in total. The molecule has 0 bridgehead atoms. The number of amides is 3. The van der Waals surface area contributed by atoms with Crippen LogP contribution in [0.1, 0.15) is 11.1 Å². The Balaban J connectivity index is 1.51. The average Bonchev–Trinajstić information content (AvgIpc) is 3.14. The molecule has 126 valence electrons. The Morgan fingerprint density at radius 2 is 1.80 bits per heavy atom. The lowest BCUT2D eigenvalue weighted by molar-refractivity contribution is -0.127. The van der Waals surface area contributed by atoms with Crippen LogP contribution in [0.3, 0.4) is 0 Å². The van der Waals surface area contributed by atoms with Crippen LogP contribution in [0.4, 0.5) is 4.79 Å². The first-order valence-corrected chi connectivity index (χ1v) is 8.41. The molecule has 4 rings (SSSR count). The van der Waals surface area contributed by atoms with E-state index in [1.807, 2.05) is 42.6 Å². The number of hydrogen-bond donors (Lipinski definition) is 2. The second-order valence-electron chi connectivity index (χ2n) is 6.12. The Morgan fingerprint density at radius 3 is 2.60 bits per heavy atom. The molecule has 1 atom stereocenters. The van der Waals surface area contributed by atoms with Crippen LogP contribution in [0, 0.1) is 0 Å². The zero-order valence-corrected chi connectivity index (χ0v) is 14.1. The van der Waals surface area contributed by atoms with E-state index >= 15 is 0 Å². The summed E-state index contributed by atoms with van der Waals surface area (Å²) in [5, 5.41) is 4.48. The van der Waals surface area contributed by atoms with Crippen molar-refractivity contribution in [2.45, 2.75) is 19.0 Å². The summed E-state index contributed by atoms with van der Waals surface area (Å²) < 4.78 is 0. The third-order valence-electron chi connectivity index (χ3n) is 4.46. The molecule has 1 fully saturated rings. The number of rotatable bonds is 4. The van der Waals surface area contributed by atoms with E-state index in [2.05, 4.69) is 10.3 Å². The van der Waals surface area contributed by atoms with Crippen molar-refractivity contribution in [1.82, 2.24) is 15.2 Å². The van der Waals surface area contributed by atoms with E-state index in [1.54, 1.807) is 12.1 Å². The van der Waals surface area contributed by atoms with Crippen molar-refractivity contribution in [1.29, 1.82) is 0 Å². The highest BCUT2D eigenvalue weighted by molar-refractivity contribution is 6.30. The largest absolute Gasteiger partial charge is 0.361 e. The van der Waals surface area contributed by atoms with Gasteiger partial charge < -0.3 is 10.3 Å². The van der Waals surface area contributed by atoms with E-state index in [9.17, 15) is 9.59 Å². The number of nitrogens with zero attached hydrogens (tertiary/aromatic N) is 1. The van der Waals surface area contributed by atoms with Gasteiger partial charge in [-0.3, -0.25) is 9.69 Å². The molecule has 6 heteroatoms. The van der Waals surface area contributed by atoms with Crippen LogP contribution in [-0.4, -0.2) is 27.9 Å². The molecule has 1 aliphatic rings. The maximum Gasteiger partial charge on any atom is 0.325 e. The standard InChI is InChI=1S/C19H16ClN3O2/c20-14-7-5-12(6-8-14)11-23-18(24)17(22-19(23)25)9-13-10-21-16-4-2-1-3-15(13)16/h1-8,10,17,21H,9,11H2,(H,22,25)/t17-/m1/s1. The molecule has 0 radical (unpaired) electrons. The first-order valence-electron chi connectivity index (χ1n) is 8.03. The van der Waals surface area contributed by atoms with Gasteiger partial charge in [0.25, 0.3) is 5.91 Å². The number of urea groups is 1. The van der Waals surface area contributed by atoms with Crippen molar-refractivity contribution in [2.24, 2.45) is 0 Å². The number of benzene rings is 2. The van der Waals surface area contributed by atoms with Crippen LogP contribution in [0.2, 0.25) is 5.02 Å². The summed E-state index contributed by atoms with van der Waals surface area (Å²) in [4.78, 5) is 29.3. The van der Waals surface area contributed by atoms with Crippen LogP contribution in [0.25, 0.3) is 10.9 Å². The first kappa shape index (κ1) is 15.7. The van der Waals surface area contributed by atoms with Gasteiger partial charge in [0.1, 0.15) is 6.04 Å². The molecule has 1 saturated heterocycles. The SMILES string of the molecule is O=C1N[C@H](Cc2c[nH]c3ccccc23)C(=O)N1Cc1ccc(Cl)cc1. The van der Waals surface area contributed by atoms with Gasteiger partial charge in [0.2, 0.25) is 0 Å². The van der Waals surface area contributed by atoms with Gasteiger partial charge in [-0.2, -0.15) is 0 Å². The number of para-hydroxylation sites is 1. The molecule has 0 saturated carbocycles. The minimum Gasteiger partial charge on any atom is -0.361 e. The molecule has 0 unspecified atom stereocenters. The summed E-state index contributed by atoms with van der Waals surface area (Å²) in [6, 6.07) is 14.1. The summed E-state index contributed by atoms with van der Waals surface area (Å²) >= 11 is 5.87. The number of carbonyl (C=O) groups is 2. The molecule has 0 spiro atoms. The molecule has 3 aromatic rings. The average molecular weight is 354 g/mol. The van der Waals surface area contributed by atoms with Gasteiger partial charge >= 0.3 is 6.03 Å². The molecule has 1 aromatic heterocycles. The third kappa shape index (κ3) is 2.98. The van der Waals surface area contributed by atoms with Gasteiger partial charge in [-0.15, -0.1) is 0 Å². The quantitative estimate of drug-likeness (QED) is 0.705. The predicted molar refractivity (Wildman–Crippen MR) is 96.3 cm³/mol. The topological polar surface area (TPSA) is 65.2 Å². The molecule has 1 aliphatic heterocycles. The van der Waals surface area contributed by atoms with Gasteiger partial charge in [0, 0.05) is 28.5 Å². The van der Waals surface area contributed by atoms with Crippen molar-refractivity contribution >= 4 is 34.4 Å². The summed E-state index contributed by atoms with van der Waals surface area (Å²) in [6.45, 7) is 0.242. The summed E-state index contributed by atoms with van der Waals surface area (Å²) in [7, 11) is 0. The van der Waals surface area contributed by atoms with Crippen molar-refractivity contribution in [2.75, 3.05) is 0 Å². The Bertz CT molecular complexity index is 949. The molecule has 2 aromatic carbocycles. The smallest absolute Gasteiger partial charge is 0.325 e. The lowest BCUT2D eigenvalue weighted by Crippen LogP contribution is -2.32. The minimum atomic E-state index is -0.543. The summed E-state index contributed by atoms with van der Waals surface area (Å²) in [5.41, 5.74) is 2.90. The number of aromatic amines is 1. The molecule has 25 heavy (non-hydrogen) atoms. The third-order valence-corrected chi connectivity index (χ3v) is 4.71. The number of carbonyl (C=O) groups excluding carboxylic acids is 2. The van der Waals surface area contributed by atoms with Crippen LogP contribution >= 0.6 is 11.6 Å². The maximum atomic E-state index is 12.7. The van der Waals surface area contributed by atoms with Gasteiger partial charge in [-0.25, -0.2) is 4.79 Å². The van der Waals surface area contributed by atoms with Gasteiger partial charge in [-0.1, -0.05) is 41.9 Å². The Hall–Kier alpha value is -2.79. The van der Waals surface area contributed by atoms with Gasteiger partial charge in [-0.05, 0) is 29.3 Å². The zero-order valence-electron chi connectivity index (χ0n) is 13.3. The zero-order chi connectivity index (χ0) is 17.4. The number of nitrogens with one attached hydrogen (secondary N) is 2. The number of halogens is 1. The Morgan fingerprint density at radius 1 is 1.04 bits per heavy atom. The summed E-state index contributed by atoms with van der Waals surface area (Å²) in [6.07, 6.45) is 2.36. The molecule has 2 heterocycles. The van der Waals surface area contributed by atoms with E-state index in [-0.39, 0.29) is 18.5 Å². The van der Waals surface area contributed by atoms with E-state index in [0.717, 1.165) is 22.0 Å². The highest BCUT2D eigenvalue weighted by atomic mass is 35.5. The van der Waals surface area contributed by atoms with Crippen LogP contribution in [0.15, 0.2) is 54.7 Å². The van der Waals surface area contributed by atoms with E-state index in [4.69, 9.17) is 11.6 Å². The fourth-order valence-electron chi connectivity index (χ4n) is 3.16. The van der Waals surface area contributed by atoms with Crippen LogP contribution in [0.5, 0.6) is 0 Å². The number of fused-ring (bicyclic) bond motifs is 1. The minimum absolute atomic E-state index is 0.203. The van der Waals surface area contributed by atoms with E-state index < -0.39 is 6.04 Å². The second-order valence-corrected chi connectivity index (χ2v) is 6.55. The van der Waals surface area contributed by atoms with Gasteiger partial charge in [0.05, 0.1) is 6.54 Å². The number of aromatic nitrogens is 1. The fraction of sp³-hybridized carbons (Fsp3) is 0.158. The van der Waals surface area contributed by atoms with Crippen molar-refractivity contribution in [3.05, 3.63) is 70.9 Å². The van der Waals surface area contributed by atoms with Crippen molar-refractivity contribution < 1.29 is 9.59 Å². The lowest BCUT2D eigenvalue weighted by atomic mass is 10.0. The van der Waals surface area contributed by atoms with Gasteiger partial charge in [0.15, 0.2) is 0 Å². The number of hydrogen-bond acceptors (Lipinski definition) is 2. The number of H-pyrrole nitrogens is 1. The first-order chi connectivity index (χ1) is 12.1. The molecular formula is C19H16ClN3O2. The van der Waals surface area contributed by atoms with Crippen molar-refractivity contribution in [3.63, 3.8) is 0 Å².